The maximum absolute atomic E-state index is 13.3. The van der Waals surface area contributed by atoms with E-state index >= 15 is 0 Å². The summed E-state index contributed by atoms with van der Waals surface area (Å²) in [6, 6.07) is 6.47. The zero-order valence-electron chi connectivity index (χ0n) is 12.4. The number of aliphatic hydroxyl groups is 2. The van der Waals surface area contributed by atoms with E-state index in [-0.39, 0.29) is 25.6 Å². The van der Waals surface area contributed by atoms with Gasteiger partial charge in [0, 0.05) is 18.7 Å². The molecule has 1 aromatic carbocycles. The Morgan fingerprint density at radius 3 is 2.67 bits per heavy atom. The first-order valence-electron chi connectivity index (χ1n) is 7.55. The third-order valence-electron chi connectivity index (χ3n) is 3.17. The van der Waals surface area contributed by atoms with Crippen LogP contribution in [-0.2, 0) is 11.3 Å². The van der Waals surface area contributed by atoms with Gasteiger partial charge in [-0.2, -0.15) is 0 Å². The largest absolute Gasteiger partial charge is 0.396 e. The van der Waals surface area contributed by atoms with Crippen molar-refractivity contribution >= 4 is 0 Å². The van der Waals surface area contributed by atoms with Crippen molar-refractivity contribution in [2.75, 3.05) is 26.3 Å². The van der Waals surface area contributed by atoms with E-state index in [1.165, 1.54) is 6.07 Å². The minimum absolute atomic E-state index is 0.172. The average Bonchev–Trinajstić information content (AvgIpc) is 2.48. The van der Waals surface area contributed by atoms with Crippen LogP contribution in [0.5, 0.6) is 0 Å². The van der Waals surface area contributed by atoms with Gasteiger partial charge in [-0.3, -0.25) is 0 Å². The molecular weight excluding hydrogens is 273 g/mol. The number of ether oxygens (including phenoxy) is 1. The SMILES string of the molecule is OCCCCCCNCC(O)COCc1ccccc1F. The molecule has 0 radical (unpaired) electrons. The Morgan fingerprint density at radius 2 is 1.90 bits per heavy atom. The van der Waals surface area contributed by atoms with E-state index in [0.29, 0.717) is 12.1 Å². The number of hydrogen-bond acceptors (Lipinski definition) is 4. The van der Waals surface area contributed by atoms with Crippen LogP contribution in [0.25, 0.3) is 0 Å². The molecule has 0 bridgehead atoms. The lowest BCUT2D eigenvalue weighted by atomic mass is 10.2. The smallest absolute Gasteiger partial charge is 0.128 e. The summed E-state index contributed by atoms with van der Waals surface area (Å²) in [6.07, 6.45) is 3.41. The van der Waals surface area contributed by atoms with Crippen molar-refractivity contribution in [3.05, 3.63) is 35.6 Å². The predicted octanol–water partition coefficient (Wildman–Crippen LogP) is 1.85. The molecule has 0 heterocycles. The molecule has 0 aromatic heterocycles. The van der Waals surface area contributed by atoms with Gasteiger partial charge in [0.2, 0.25) is 0 Å². The summed E-state index contributed by atoms with van der Waals surface area (Å²) in [7, 11) is 0. The lowest BCUT2D eigenvalue weighted by Crippen LogP contribution is -2.31. The molecule has 120 valence electrons. The number of halogens is 1. The van der Waals surface area contributed by atoms with Gasteiger partial charge in [-0.25, -0.2) is 4.39 Å². The monoisotopic (exact) mass is 299 g/mol. The van der Waals surface area contributed by atoms with Gasteiger partial charge in [-0.15, -0.1) is 0 Å². The highest BCUT2D eigenvalue weighted by molar-refractivity contribution is 5.16. The van der Waals surface area contributed by atoms with Crippen molar-refractivity contribution in [2.24, 2.45) is 0 Å². The molecule has 0 aliphatic heterocycles. The molecule has 0 saturated carbocycles. The first kappa shape index (κ1) is 18.0. The molecule has 4 nitrogen and oxygen atoms in total. The molecule has 5 heteroatoms. The third kappa shape index (κ3) is 8.78. The normalized spacial score (nSPS) is 12.5. The second-order valence-electron chi connectivity index (χ2n) is 5.10. The van der Waals surface area contributed by atoms with Crippen molar-refractivity contribution in [2.45, 2.75) is 38.4 Å². The van der Waals surface area contributed by atoms with Gasteiger partial charge in [-0.1, -0.05) is 31.0 Å². The fraction of sp³-hybridized carbons (Fsp3) is 0.625. The van der Waals surface area contributed by atoms with E-state index in [4.69, 9.17) is 9.84 Å². The topological polar surface area (TPSA) is 61.7 Å². The van der Waals surface area contributed by atoms with Crippen LogP contribution in [0.3, 0.4) is 0 Å². The maximum Gasteiger partial charge on any atom is 0.128 e. The zero-order valence-corrected chi connectivity index (χ0v) is 12.4. The molecule has 1 aromatic rings. The number of nitrogens with one attached hydrogen (secondary N) is 1. The van der Waals surface area contributed by atoms with Crippen LogP contribution in [0.15, 0.2) is 24.3 Å². The van der Waals surface area contributed by atoms with Crippen LogP contribution in [-0.4, -0.2) is 42.6 Å². The molecule has 0 aliphatic rings. The highest BCUT2D eigenvalue weighted by atomic mass is 19.1. The Bertz CT molecular complexity index is 376. The van der Waals surface area contributed by atoms with Gasteiger partial charge in [0.1, 0.15) is 5.82 Å². The summed E-state index contributed by atoms with van der Waals surface area (Å²) >= 11 is 0. The van der Waals surface area contributed by atoms with E-state index < -0.39 is 6.10 Å². The van der Waals surface area contributed by atoms with Crippen LogP contribution in [0.2, 0.25) is 0 Å². The fourth-order valence-electron chi connectivity index (χ4n) is 1.96. The van der Waals surface area contributed by atoms with Crippen LogP contribution >= 0.6 is 0 Å². The molecule has 0 aliphatic carbocycles. The summed E-state index contributed by atoms with van der Waals surface area (Å²) < 4.78 is 18.6. The van der Waals surface area contributed by atoms with E-state index in [0.717, 1.165) is 32.2 Å². The second kappa shape index (κ2) is 11.6. The summed E-state index contributed by atoms with van der Waals surface area (Å²) in [5.41, 5.74) is 0.501. The number of aliphatic hydroxyl groups excluding tert-OH is 2. The number of benzene rings is 1. The molecular formula is C16H26FNO3. The van der Waals surface area contributed by atoms with Crippen LogP contribution in [0.4, 0.5) is 4.39 Å². The van der Waals surface area contributed by atoms with Crippen molar-refractivity contribution in [3.63, 3.8) is 0 Å². The van der Waals surface area contributed by atoms with Crippen molar-refractivity contribution < 1.29 is 19.3 Å². The van der Waals surface area contributed by atoms with Crippen molar-refractivity contribution in [3.8, 4) is 0 Å². The lowest BCUT2D eigenvalue weighted by Gasteiger charge is -2.12. The average molecular weight is 299 g/mol. The first-order chi connectivity index (χ1) is 10.2. The van der Waals surface area contributed by atoms with Crippen LogP contribution < -0.4 is 5.32 Å². The Labute approximate surface area is 125 Å². The van der Waals surface area contributed by atoms with E-state index in [1.54, 1.807) is 18.2 Å². The first-order valence-corrected chi connectivity index (χ1v) is 7.55. The predicted molar refractivity (Wildman–Crippen MR) is 80.5 cm³/mol. The summed E-state index contributed by atoms with van der Waals surface area (Å²) in [5, 5.41) is 21.5. The molecule has 0 saturated heterocycles. The fourth-order valence-corrected chi connectivity index (χ4v) is 1.96. The minimum atomic E-state index is -0.589. The number of unbranched alkanes of at least 4 members (excludes halogenated alkanes) is 3. The van der Waals surface area contributed by atoms with E-state index in [9.17, 15) is 9.50 Å². The highest BCUT2D eigenvalue weighted by Gasteiger charge is 2.05. The molecule has 0 amide bonds. The molecule has 3 N–H and O–H groups in total. The van der Waals surface area contributed by atoms with E-state index in [2.05, 4.69) is 5.32 Å². The van der Waals surface area contributed by atoms with Crippen molar-refractivity contribution in [1.29, 1.82) is 0 Å². The van der Waals surface area contributed by atoms with Gasteiger partial charge in [0.05, 0.1) is 19.3 Å². The molecule has 1 atom stereocenters. The van der Waals surface area contributed by atoms with Crippen molar-refractivity contribution in [1.82, 2.24) is 5.32 Å². The van der Waals surface area contributed by atoms with Gasteiger partial charge in [0.25, 0.3) is 0 Å². The quantitative estimate of drug-likeness (QED) is 0.515. The maximum atomic E-state index is 13.3. The lowest BCUT2D eigenvalue weighted by molar-refractivity contribution is 0.0279. The van der Waals surface area contributed by atoms with Gasteiger partial charge >= 0.3 is 0 Å². The third-order valence-corrected chi connectivity index (χ3v) is 3.17. The van der Waals surface area contributed by atoms with E-state index in [1.807, 2.05) is 0 Å². The Kier molecular flexibility index (Phi) is 9.99. The molecule has 1 rings (SSSR count). The highest BCUT2D eigenvalue weighted by Crippen LogP contribution is 2.07. The molecule has 1 unspecified atom stereocenters. The van der Waals surface area contributed by atoms with Crippen LogP contribution in [0.1, 0.15) is 31.2 Å². The molecule has 0 spiro atoms. The minimum Gasteiger partial charge on any atom is -0.396 e. The van der Waals surface area contributed by atoms with Gasteiger partial charge in [0.15, 0.2) is 0 Å². The molecule has 0 fully saturated rings. The Hall–Kier alpha value is -1.01. The Balaban J connectivity index is 1.99. The van der Waals surface area contributed by atoms with Crippen LogP contribution in [0, 0.1) is 5.82 Å². The second-order valence-corrected chi connectivity index (χ2v) is 5.10. The standard InChI is InChI=1S/C16H26FNO3/c17-16-8-4-3-7-14(16)12-21-13-15(20)11-18-9-5-1-2-6-10-19/h3-4,7-8,15,18-20H,1-2,5-6,9-13H2. The number of rotatable bonds is 12. The molecule has 21 heavy (non-hydrogen) atoms. The summed E-state index contributed by atoms with van der Waals surface area (Å²) in [6.45, 7) is 1.93. The van der Waals surface area contributed by atoms with Gasteiger partial charge in [-0.05, 0) is 25.5 Å². The summed E-state index contributed by atoms with van der Waals surface area (Å²) in [4.78, 5) is 0. The zero-order chi connectivity index (χ0) is 15.3. The Morgan fingerprint density at radius 1 is 1.14 bits per heavy atom. The number of hydrogen-bond donors (Lipinski definition) is 3. The van der Waals surface area contributed by atoms with Gasteiger partial charge < -0.3 is 20.3 Å². The summed E-state index contributed by atoms with van der Waals surface area (Å²) in [5.74, 6) is -0.284.